The maximum Gasteiger partial charge on any atom is 0.311 e. The van der Waals surface area contributed by atoms with Gasteiger partial charge < -0.3 is 0 Å². The maximum absolute atomic E-state index is 12.0. The zero-order valence-electron chi connectivity index (χ0n) is 11.4. The maximum atomic E-state index is 12.0. The molecule has 0 amide bonds. The Kier molecular flexibility index (Phi) is 4.73. The number of carbonyl (C=O) groups is 2. The van der Waals surface area contributed by atoms with E-state index in [0.29, 0.717) is 12.6 Å². The SMILES string of the molecule is O=Cc1ccc(S(=O)(=O)OS(=O)(=O)c2ccc(C=O)cc2)cc1. The van der Waals surface area contributed by atoms with E-state index in [0.717, 1.165) is 24.3 Å². The number of rotatable bonds is 6. The van der Waals surface area contributed by atoms with Gasteiger partial charge in [0.1, 0.15) is 12.6 Å². The van der Waals surface area contributed by atoms with E-state index in [4.69, 9.17) is 0 Å². The van der Waals surface area contributed by atoms with E-state index < -0.39 is 30.0 Å². The Bertz CT molecular complexity index is 846. The summed E-state index contributed by atoms with van der Waals surface area (Å²) in [5, 5.41) is 0. The molecule has 120 valence electrons. The highest BCUT2D eigenvalue weighted by Gasteiger charge is 2.26. The molecule has 0 aliphatic carbocycles. The highest BCUT2D eigenvalue weighted by atomic mass is 32.3. The number of hydrogen-bond donors (Lipinski definition) is 0. The zero-order valence-corrected chi connectivity index (χ0v) is 13.1. The fraction of sp³-hybridized carbons (Fsp3) is 0. The molecule has 0 aromatic heterocycles. The van der Waals surface area contributed by atoms with Crippen LogP contribution in [0, 0.1) is 0 Å². The Morgan fingerprint density at radius 1 is 0.609 bits per heavy atom. The number of carbonyl (C=O) groups excluding carboxylic acids is 2. The summed E-state index contributed by atoms with van der Waals surface area (Å²) in [5.41, 5.74) is 0.465. The minimum absolute atomic E-state index is 0.233. The van der Waals surface area contributed by atoms with E-state index in [9.17, 15) is 26.4 Å². The van der Waals surface area contributed by atoms with Crippen LogP contribution in [0.15, 0.2) is 58.3 Å². The number of benzene rings is 2. The third-order valence-corrected chi connectivity index (χ3v) is 5.92. The van der Waals surface area contributed by atoms with Crippen molar-refractivity contribution in [1.29, 1.82) is 0 Å². The predicted octanol–water partition coefficient (Wildman–Crippen LogP) is 1.41. The molecule has 0 aliphatic heterocycles. The summed E-state index contributed by atoms with van der Waals surface area (Å²) in [7, 11) is -9.16. The minimum Gasteiger partial charge on any atom is -0.298 e. The van der Waals surface area contributed by atoms with E-state index in [2.05, 4.69) is 3.63 Å². The van der Waals surface area contributed by atoms with Gasteiger partial charge in [0, 0.05) is 11.1 Å². The van der Waals surface area contributed by atoms with Crippen molar-refractivity contribution in [3.05, 3.63) is 59.7 Å². The molecule has 0 heterocycles. The van der Waals surface area contributed by atoms with Gasteiger partial charge in [-0.05, 0) is 24.3 Å². The average Bonchev–Trinajstić information content (AvgIpc) is 2.54. The van der Waals surface area contributed by atoms with Gasteiger partial charge >= 0.3 is 20.2 Å². The minimum atomic E-state index is -4.58. The van der Waals surface area contributed by atoms with Crippen LogP contribution in [-0.4, -0.2) is 29.4 Å². The molecular weight excluding hydrogens is 344 g/mol. The Morgan fingerprint density at radius 2 is 0.913 bits per heavy atom. The molecule has 9 heteroatoms. The third-order valence-electron chi connectivity index (χ3n) is 2.79. The lowest BCUT2D eigenvalue weighted by atomic mass is 10.2. The fourth-order valence-corrected chi connectivity index (χ4v) is 4.13. The van der Waals surface area contributed by atoms with Crippen molar-refractivity contribution in [3.8, 4) is 0 Å². The molecular formula is C14H10O7S2. The zero-order chi connectivity index (χ0) is 17.1. The largest absolute Gasteiger partial charge is 0.311 e. The van der Waals surface area contributed by atoms with Crippen LogP contribution in [0.4, 0.5) is 0 Å². The van der Waals surface area contributed by atoms with Gasteiger partial charge in [-0.15, -0.1) is 3.63 Å². The van der Waals surface area contributed by atoms with E-state index in [1.165, 1.54) is 24.3 Å². The summed E-state index contributed by atoms with van der Waals surface area (Å²) in [4.78, 5) is 20.3. The van der Waals surface area contributed by atoms with Gasteiger partial charge in [0.15, 0.2) is 0 Å². The monoisotopic (exact) mass is 354 g/mol. The lowest BCUT2D eigenvalue weighted by Crippen LogP contribution is -2.14. The summed E-state index contributed by atoms with van der Waals surface area (Å²) in [6.45, 7) is 0. The van der Waals surface area contributed by atoms with Crippen LogP contribution in [0.3, 0.4) is 0 Å². The quantitative estimate of drug-likeness (QED) is 0.721. The molecule has 0 aliphatic rings. The van der Waals surface area contributed by atoms with Gasteiger partial charge in [-0.1, -0.05) is 24.3 Å². The standard InChI is InChI=1S/C14H10O7S2/c15-9-11-1-5-13(6-2-11)22(17,18)21-23(19,20)14-7-3-12(10-16)4-8-14/h1-10H. The summed E-state index contributed by atoms with van der Waals surface area (Å²) >= 11 is 0. The second-order valence-corrected chi connectivity index (χ2v) is 7.65. The molecule has 2 aromatic carbocycles. The van der Waals surface area contributed by atoms with E-state index in [-0.39, 0.29) is 11.1 Å². The first-order valence-corrected chi connectivity index (χ1v) is 8.92. The van der Waals surface area contributed by atoms with Gasteiger partial charge in [-0.2, -0.15) is 16.8 Å². The summed E-state index contributed by atoms with van der Waals surface area (Å²) in [6, 6.07) is 9.11. The highest BCUT2D eigenvalue weighted by Crippen LogP contribution is 2.20. The van der Waals surface area contributed by atoms with Crippen LogP contribution < -0.4 is 0 Å². The fourth-order valence-electron chi connectivity index (χ4n) is 1.62. The van der Waals surface area contributed by atoms with E-state index in [1.54, 1.807) is 0 Å². The molecule has 0 fully saturated rings. The van der Waals surface area contributed by atoms with Crippen LogP contribution in [0.5, 0.6) is 0 Å². The third kappa shape index (κ3) is 3.89. The van der Waals surface area contributed by atoms with Crippen LogP contribution in [0.1, 0.15) is 20.7 Å². The topological polar surface area (TPSA) is 112 Å². The lowest BCUT2D eigenvalue weighted by Gasteiger charge is -2.06. The Morgan fingerprint density at radius 3 is 1.17 bits per heavy atom. The molecule has 0 N–H and O–H groups in total. The van der Waals surface area contributed by atoms with Gasteiger partial charge in [0.2, 0.25) is 0 Å². The first-order valence-electron chi connectivity index (χ1n) is 6.10. The molecule has 0 radical (unpaired) electrons. The van der Waals surface area contributed by atoms with Gasteiger partial charge in [-0.25, -0.2) is 0 Å². The Labute approximate surface area is 132 Å². The highest BCUT2D eigenvalue weighted by molar-refractivity contribution is 7.99. The first kappa shape index (κ1) is 17.0. The molecule has 0 saturated heterocycles. The molecule has 0 bridgehead atoms. The van der Waals surface area contributed by atoms with Crippen LogP contribution in [0.25, 0.3) is 0 Å². The van der Waals surface area contributed by atoms with Gasteiger partial charge in [0.05, 0.1) is 9.79 Å². The predicted molar refractivity (Wildman–Crippen MR) is 79.1 cm³/mol. The van der Waals surface area contributed by atoms with Crippen molar-refractivity contribution in [1.82, 2.24) is 0 Å². The second-order valence-electron chi connectivity index (χ2n) is 4.35. The van der Waals surface area contributed by atoms with Crippen molar-refractivity contribution < 1.29 is 30.1 Å². The van der Waals surface area contributed by atoms with Crippen molar-refractivity contribution in [2.45, 2.75) is 9.79 Å². The van der Waals surface area contributed by atoms with Crippen LogP contribution >= 0.6 is 0 Å². The van der Waals surface area contributed by atoms with Crippen LogP contribution in [0.2, 0.25) is 0 Å². The van der Waals surface area contributed by atoms with Crippen molar-refractivity contribution in [2.24, 2.45) is 0 Å². The second kappa shape index (κ2) is 6.41. The number of aldehydes is 2. The summed E-state index contributed by atoms with van der Waals surface area (Å²) in [5.74, 6) is 0. The van der Waals surface area contributed by atoms with Crippen molar-refractivity contribution in [3.63, 3.8) is 0 Å². The number of hydrogen-bond acceptors (Lipinski definition) is 7. The van der Waals surface area contributed by atoms with Crippen molar-refractivity contribution >= 4 is 32.8 Å². The lowest BCUT2D eigenvalue weighted by molar-refractivity contribution is 0.111. The smallest absolute Gasteiger partial charge is 0.298 e. The molecule has 2 rings (SSSR count). The molecule has 7 nitrogen and oxygen atoms in total. The summed E-state index contributed by atoms with van der Waals surface area (Å²) < 4.78 is 52.3. The molecule has 0 unspecified atom stereocenters. The van der Waals surface area contributed by atoms with Crippen LogP contribution in [-0.2, 0) is 23.9 Å². The average molecular weight is 354 g/mol. The molecule has 2 aromatic rings. The normalized spacial score (nSPS) is 11.8. The Hall–Kier alpha value is -2.36. The van der Waals surface area contributed by atoms with E-state index in [1.807, 2.05) is 0 Å². The van der Waals surface area contributed by atoms with Gasteiger partial charge in [0.25, 0.3) is 0 Å². The molecule has 0 atom stereocenters. The summed E-state index contributed by atoms with van der Waals surface area (Å²) in [6.07, 6.45) is 1.03. The Balaban J connectivity index is 2.33. The van der Waals surface area contributed by atoms with Crippen molar-refractivity contribution in [2.75, 3.05) is 0 Å². The first-order chi connectivity index (χ1) is 10.8. The molecule has 0 spiro atoms. The van der Waals surface area contributed by atoms with Gasteiger partial charge in [-0.3, -0.25) is 9.59 Å². The van der Waals surface area contributed by atoms with E-state index >= 15 is 0 Å². The molecule has 0 saturated carbocycles. The molecule has 23 heavy (non-hydrogen) atoms.